The Morgan fingerprint density at radius 3 is 2.43 bits per heavy atom. The van der Waals surface area contributed by atoms with E-state index in [-0.39, 0.29) is 25.5 Å². The molecule has 0 fully saturated rings. The molecule has 2 rings (SSSR count). The Kier molecular flexibility index (Phi) is 9.05. The molecule has 1 heterocycles. The molecule has 3 N–H and O–H groups in total. The zero-order valence-corrected chi connectivity index (χ0v) is 18.6. The van der Waals surface area contributed by atoms with Gasteiger partial charge in [-0.25, -0.2) is 9.59 Å². The molecule has 2 aromatic rings. The van der Waals surface area contributed by atoms with Crippen LogP contribution >= 0.6 is 18.9 Å². The van der Waals surface area contributed by atoms with E-state index in [0.29, 0.717) is 0 Å². The van der Waals surface area contributed by atoms with Crippen LogP contribution in [0.25, 0.3) is 0 Å². The fourth-order valence-electron chi connectivity index (χ4n) is 2.78. The summed E-state index contributed by atoms with van der Waals surface area (Å²) >= 11 is 1.47. The average Bonchev–Trinajstić information content (AvgIpc) is 3.17. The van der Waals surface area contributed by atoms with E-state index in [1.54, 1.807) is 0 Å². The molecular formula is C20H27N2O6PS. The lowest BCUT2D eigenvalue weighted by molar-refractivity contribution is -0.147. The van der Waals surface area contributed by atoms with E-state index < -0.39 is 31.9 Å². The zero-order chi connectivity index (χ0) is 22.1. The van der Waals surface area contributed by atoms with Crippen molar-refractivity contribution in [2.75, 3.05) is 12.8 Å². The predicted octanol–water partition coefficient (Wildman–Crippen LogP) is 3.21. The fraction of sp³-hybridized carbons (Fsp3) is 0.400. The van der Waals surface area contributed by atoms with E-state index in [9.17, 15) is 23.9 Å². The number of nitrogens with zero attached hydrogens (tertiary/aromatic N) is 1. The molecule has 164 valence electrons. The second-order valence-electron chi connectivity index (χ2n) is 7.35. The van der Waals surface area contributed by atoms with Gasteiger partial charge in [-0.3, -0.25) is 4.57 Å². The Bertz CT molecular complexity index is 853. The third-order valence-corrected chi connectivity index (χ3v) is 5.50. The minimum Gasteiger partial charge on any atom is -0.459 e. The summed E-state index contributed by atoms with van der Waals surface area (Å²) in [4.78, 5) is 45.1. The molecule has 8 nitrogen and oxygen atoms in total. The maximum absolute atomic E-state index is 12.7. The van der Waals surface area contributed by atoms with Gasteiger partial charge >= 0.3 is 19.6 Å². The van der Waals surface area contributed by atoms with Crippen LogP contribution < -0.4 is 5.32 Å². The highest BCUT2D eigenvalue weighted by Gasteiger charge is 2.29. The van der Waals surface area contributed by atoms with Crippen molar-refractivity contribution in [3.8, 4) is 0 Å². The number of rotatable bonds is 10. The fourth-order valence-corrected chi connectivity index (χ4v) is 4.15. The van der Waals surface area contributed by atoms with E-state index >= 15 is 0 Å². The van der Waals surface area contributed by atoms with Crippen LogP contribution in [0.4, 0.5) is 4.79 Å². The number of carbonyl (C=O) groups excluding carboxylic acids is 2. The number of carbonyl (C=O) groups is 2. The summed E-state index contributed by atoms with van der Waals surface area (Å²) in [6, 6.07) is 9.31. The molecule has 0 unspecified atom stereocenters. The number of hydrogen-bond donors (Lipinski definition) is 3. The lowest BCUT2D eigenvalue weighted by atomic mass is 10.1. The Morgan fingerprint density at radius 2 is 1.87 bits per heavy atom. The molecule has 1 atom stereocenters. The summed E-state index contributed by atoms with van der Waals surface area (Å²) in [5.41, 5.74) is 1.67. The Labute approximate surface area is 180 Å². The number of urea groups is 1. The first-order valence-corrected chi connectivity index (χ1v) is 12.2. The van der Waals surface area contributed by atoms with Crippen LogP contribution in [0, 0.1) is 5.92 Å². The first-order chi connectivity index (χ1) is 14.1. The predicted molar refractivity (Wildman–Crippen MR) is 115 cm³/mol. The number of thiophene rings is 1. The lowest BCUT2D eigenvalue weighted by Gasteiger charge is -2.27. The molecular weight excluding hydrogens is 427 g/mol. The average molecular weight is 454 g/mol. The number of nitrogens with one attached hydrogen (secondary N) is 1. The summed E-state index contributed by atoms with van der Waals surface area (Å²) < 4.78 is 16.8. The number of benzene rings is 1. The van der Waals surface area contributed by atoms with Gasteiger partial charge < -0.3 is 24.7 Å². The van der Waals surface area contributed by atoms with Crippen molar-refractivity contribution in [1.82, 2.24) is 10.2 Å². The monoisotopic (exact) mass is 454 g/mol. The third-order valence-electron chi connectivity index (χ3n) is 4.05. The maximum Gasteiger partial charge on any atom is 0.344 e. The van der Waals surface area contributed by atoms with Gasteiger partial charge in [0.05, 0.1) is 0 Å². The van der Waals surface area contributed by atoms with Crippen LogP contribution in [0.2, 0.25) is 0 Å². The highest BCUT2D eigenvalue weighted by molar-refractivity contribution is 7.51. The van der Waals surface area contributed by atoms with Crippen LogP contribution in [-0.2, 0) is 27.1 Å². The van der Waals surface area contributed by atoms with E-state index in [2.05, 4.69) is 5.32 Å². The van der Waals surface area contributed by atoms with Gasteiger partial charge in [0.25, 0.3) is 0 Å². The molecule has 0 aliphatic heterocycles. The largest absolute Gasteiger partial charge is 0.459 e. The van der Waals surface area contributed by atoms with Crippen LogP contribution in [0.1, 0.15) is 25.0 Å². The second kappa shape index (κ2) is 11.3. The van der Waals surface area contributed by atoms with Gasteiger partial charge in [0.15, 0.2) is 0 Å². The van der Waals surface area contributed by atoms with E-state index in [4.69, 9.17) is 4.74 Å². The molecule has 1 aromatic heterocycles. The van der Waals surface area contributed by atoms with Gasteiger partial charge in [-0.15, -0.1) is 0 Å². The third kappa shape index (κ3) is 8.67. The van der Waals surface area contributed by atoms with Crippen LogP contribution in [0.15, 0.2) is 47.2 Å². The first-order valence-electron chi connectivity index (χ1n) is 9.45. The summed E-state index contributed by atoms with van der Waals surface area (Å²) in [6.45, 7) is 3.86. The first kappa shape index (κ1) is 24.1. The number of esters is 1. The molecule has 0 aliphatic rings. The van der Waals surface area contributed by atoms with Crippen molar-refractivity contribution in [3.05, 3.63) is 58.3 Å². The smallest absolute Gasteiger partial charge is 0.344 e. The molecule has 10 heteroatoms. The molecule has 2 amide bonds. The SMILES string of the molecule is CC(C)CN(CP(=O)(O)O)C(=O)N[C@@H](Cc1ccsc1)C(=O)OCc1ccccc1. The number of amides is 2. The highest BCUT2D eigenvalue weighted by atomic mass is 32.1. The summed E-state index contributed by atoms with van der Waals surface area (Å²) in [5, 5.41) is 6.32. The summed E-state index contributed by atoms with van der Waals surface area (Å²) in [5.74, 6) is -0.623. The van der Waals surface area contributed by atoms with Crippen LogP contribution in [0.5, 0.6) is 0 Å². The van der Waals surface area contributed by atoms with E-state index in [0.717, 1.165) is 16.0 Å². The van der Waals surface area contributed by atoms with Crippen molar-refractivity contribution in [3.63, 3.8) is 0 Å². The molecule has 1 aromatic carbocycles. The summed E-state index contributed by atoms with van der Waals surface area (Å²) in [6.07, 6.45) is -0.504. The van der Waals surface area contributed by atoms with Gasteiger partial charge in [-0.2, -0.15) is 11.3 Å². The molecule has 0 saturated heterocycles. The molecule has 0 bridgehead atoms. The van der Waals surface area contributed by atoms with Gasteiger partial charge in [0.1, 0.15) is 18.9 Å². The Morgan fingerprint density at radius 1 is 1.17 bits per heavy atom. The molecule has 0 saturated carbocycles. The maximum atomic E-state index is 12.7. The van der Waals surface area contributed by atoms with Crippen molar-refractivity contribution < 1.29 is 28.7 Å². The van der Waals surface area contributed by atoms with Crippen LogP contribution in [-0.4, -0.2) is 45.6 Å². The summed E-state index contributed by atoms with van der Waals surface area (Å²) in [7, 11) is -4.46. The van der Waals surface area contributed by atoms with E-state index in [1.165, 1.54) is 11.3 Å². The topological polar surface area (TPSA) is 116 Å². The molecule has 30 heavy (non-hydrogen) atoms. The highest BCUT2D eigenvalue weighted by Crippen LogP contribution is 2.35. The van der Waals surface area contributed by atoms with Gasteiger partial charge in [0, 0.05) is 13.0 Å². The van der Waals surface area contributed by atoms with Crippen molar-refractivity contribution in [2.24, 2.45) is 5.92 Å². The van der Waals surface area contributed by atoms with Gasteiger partial charge in [-0.1, -0.05) is 44.2 Å². The van der Waals surface area contributed by atoms with Crippen LogP contribution in [0.3, 0.4) is 0 Å². The molecule has 0 radical (unpaired) electrons. The second-order valence-corrected chi connectivity index (χ2v) is 9.75. The van der Waals surface area contributed by atoms with Gasteiger partial charge in [-0.05, 0) is 33.9 Å². The minimum atomic E-state index is -4.46. The molecule has 0 spiro atoms. The lowest BCUT2D eigenvalue weighted by Crippen LogP contribution is -2.50. The Hall–Kier alpha value is -2.19. The minimum absolute atomic E-state index is 0.0114. The normalized spacial score (nSPS) is 12.4. The number of hydrogen-bond acceptors (Lipinski definition) is 5. The number of ether oxygens (including phenoxy) is 1. The van der Waals surface area contributed by atoms with Gasteiger partial charge in [0.2, 0.25) is 0 Å². The van der Waals surface area contributed by atoms with Crippen molar-refractivity contribution in [2.45, 2.75) is 32.9 Å². The van der Waals surface area contributed by atoms with Crippen molar-refractivity contribution in [1.29, 1.82) is 0 Å². The Balaban J connectivity index is 2.11. The standard InChI is InChI=1S/C20H27N2O6PS/c1-15(2)11-22(14-29(25,26)27)20(24)21-18(10-17-8-9-30-13-17)19(23)28-12-16-6-4-3-5-7-16/h3-9,13,15,18H,10-12,14H2,1-2H3,(H,21,24)(H2,25,26,27)/t18-/m0/s1. The van der Waals surface area contributed by atoms with E-state index in [1.807, 2.05) is 61.0 Å². The zero-order valence-electron chi connectivity index (χ0n) is 16.9. The quantitative estimate of drug-likeness (QED) is 0.375. The molecule has 0 aliphatic carbocycles. The van der Waals surface area contributed by atoms with Crippen molar-refractivity contribution >= 4 is 30.9 Å².